The van der Waals surface area contributed by atoms with Crippen LogP contribution in [0.1, 0.15) is 26.3 Å². The standard InChI is InChI=1S/C20H30ClN5O5/c1-20(2,3)31-19(28)24-9-10-26(16(12-24)17(27)30-4)18(22)23-13-25(29)11-14-5-7-15(21)8-6-14/h5-8,13,16,18,29H,9-12,22H2,1-4H3/b23-13-. The van der Waals surface area contributed by atoms with Crippen molar-refractivity contribution in [2.24, 2.45) is 10.7 Å². The van der Waals surface area contributed by atoms with Crippen molar-refractivity contribution in [2.75, 3.05) is 26.7 Å². The van der Waals surface area contributed by atoms with Gasteiger partial charge in [-0.05, 0) is 38.5 Å². The molecular weight excluding hydrogens is 426 g/mol. The predicted molar refractivity (Wildman–Crippen MR) is 116 cm³/mol. The second-order valence-electron chi connectivity index (χ2n) is 8.11. The molecule has 0 spiro atoms. The van der Waals surface area contributed by atoms with Crippen molar-refractivity contribution >= 4 is 30.0 Å². The van der Waals surface area contributed by atoms with Crippen LogP contribution in [0.4, 0.5) is 4.79 Å². The van der Waals surface area contributed by atoms with Crippen molar-refractivity contribution in [3.63, 3.8) is 0 Å². The second kappa shape index (κ2) is 10.8. The molecule has 172 valence electrons. The summed E-state index contributed by atoms with van der Waals surface area (Å²) in [6.45, 7) is 6.13. The average molecular weight is 456 g/mol. The van der Waals surface area contributed by atoms with Gasteiger partial charge < -0.3 is 14.4 Å². The summed E-state index contributed by atoms with van der Waals surface area (Å²) in [5.74, 6) is -0.541. The normalized spacial score (nSPS) is 18.7. The van der Waals surface area contributed by atoms with Gasteiger partial charge in [0.15, 0.2) is 6.29 Å². The Hall–Kier alpha value is -2.40. The molecule has 0 saturated carbocycles. The van der Waals surface area contributed by atoms with Gasteiger partial charge in [-0.1, -0.05) is 23.7 Å². The van der Waals surface area contributed by atoms with E-state index in [2.05, 4.69) is 4.99 Å². The zero-order chi connectivity index (χ0) is 23.2. The molecule has 1 amide bonds. The van der Waals surface area contributed by atoms with Crippen LogP contribution in [0.2, 0.25) is 5.02 Å². The molecule has 1 heterocycles. The third kappa shape index (κ3) is 7.66. The molecule has 0 aliphatic carbocycles. The van der Waals surface area contributed by atoms with Crippen LogP contribution in [0.15, 0.2) is 29.3 Å². The number of nitrogens with two attached hydrogens (primary N) is 1. The van der Waals surface area contributed by atoms with E-state index in [-0.39, 0.29) is 19.6 Å². The number of carbonyl (C=O) groups is 2. The maximum Gasteiger partial charge on any atom is 0.410 e. The highest BCUT2D eigenvalue weighted by molar-refractivity contribution is 6.30. The molecule has 1 aliphatic heterocycles. The Morgan fingerprint density at radius 2 is 2.00 bits per heavy atom. The minimum atomic E-state index is -0.926. The number of nitrogens with zero attached hydrogens (tertiary/aromatic N) is 4. The molecular formula is C20H30ClN5O5. The Bertz CT molecular complexity index is 783. The van der Waals surface area contributed by atoms with Gasteiger partial charge in [-0.2, -0.15) is 0 Å². The molecule has 1 aromatic rings. The molecule has 3 N–H and O–H groups in total. The third-order valence-electron chi connectivity index (χ3n) is 4.50. The van der Waals surface area contributed by atoms with Gasteiger partial charge in [0.25, 0.3) is 0 Å². The van der Waals surface area contributed by atoms with Crippen molar-refractivity contribution in [3.05, 3.63) is 34.9 Å². The molecule has 10 nitrogen and oxygen atoms in total. The van der Waals surface area contributed by atoms with Crippen molar-refractivity contribution in [3.8, 4) is 0 Å². The van der Waals surface area contributed by atoms with E-state index < -0.39 is 30.0 Å². The van der Waals surface area contributed by atoms with E-state index in [9.17, 15) is 14.8 Å². The summed E-state index contributed by atoms with van der Waals surface area (Å²) in [4.78, 5) is 31.9. The van der Waals surface area contributed by atoms with E-state index >= 15 is 0 Å². The molecule has 2 atom stereocenters. The molecule has 1 aromatic carbocycles. The Morgan fingerprint density at radius 1 is 1.35 bits per heavy atom. The molecule has 11 heteroatoms. The number of hydroxylamine groups is 2. The van der Waals surface area contributed by atoms with Gasteiger partial charge >= 0.3 is 12.1 Å². The van der Waals surface area contributed by atoms with E-state index in [0.717, 1.165) is 10.6 Å². The van der Waals surface area contributed by atoms with Crippen molar-refractivity contribution in [1.82, 2.24) is 14.9 Å². The minimum absolute atomic E-state index is 0.0540. The lowest BCUT2D eigenvalue weighted by Crippen LogP contribution is -2.62. The highest BCUT2D eigenvalue weighted by atomic mass is 35.5. The fraction of sp³-hybridized carbons (Fsp3) is 0.550. The first-order valence-corrected chi connectivity index (χ1v) is 10.2. The maximum absolute atomic E-state index is 12.4. The number of amides is 1. The number of halogens is 1. The number of methoxy groups -OCH3 is 1. The van der Waals surface area contributed by atoms with E-state index in [1.54, 1.807) is 49.9 Å². The van der Waals surface area contributed by atoms with E-state index in [0.29, 0.717) is 11.6 Å². The number of carbonyl (C=O) groups excluding carboxylic acids is 2. The third-order valence-corrected chi connectivity index (χ3v) is 4.75. The zero-order valence-electron chi connectivity index (χ0n) is 18.2. The van der Waals surface area contributed by atoms with Gasteiger partial charge in [0.2, 0.25) is 0 Å². The average Bonchev–Trinajstić information content (AvgIpc) is 2.71. The Kier molecular flexibility index (Phi) is 8.63. The first-order chi connectivity index (χ1) is 14.5. The Labute approximate surface area is 187 Å². The van der Waals surface area contributed by atoms with Crippen LogP contribution >= 0.6 is 11.6 Å². The monoisotopic (exact) mass is 455 g/mol. The van der Waals surface area contributed by atoms with E-state index in [4.69, 9.17) is 26.8 Å². The number of rotatable bonds is 6. The molecule has 0 radical (unpaired) electrons. The molecule has 0 bridgehead atoms. The quantitative estimate of drug-likeness (QED) is 0.289. The number of aliphatic imine (C=N–C) groups is 1. The van der Waals surface area contributed by atoms with Gasteiger partial charge in [-0.25, -0.2) is 14.9 Å². The number of hydrogen-bond donors (Lipinski definition) is 2. The van der Waals surface area contributed by atoms with Crippen molar-refractivity contribution in [2.45, 2.75) is 45.2 Å². The summed E-state index contributed by atoms with van der Waals surface area (Å²) in [6.07, 6.45) is -0.249. The number of esters is 1. The Balaban J connectivity index is 2.02. The van der Waals surface area contributed by atoms with Crippen LogP contribution in [0.5, 0.6) is 0 Å². The Morgan fingerprint density at radius 3 is 2.58 bits per heavy atom. The van der Waals surface area contributed by atoms with E-state index in [1.165, 1.54) is 18.3 Å². The summed E-state index contributed by atoms with van der Waals surface area (Å²) in [5.41, 5.74) is 6.32. The predicted octanol–water partition coefficient (Wildman–Crippen LogP) is 1.90. The largest absolute Gasteiger partial charge is 0.468 e. The number of benzene rings is 1. The molecule has 31 heavy (non-hydrogen) atoms. The lowest BCUT2D eigenvalue weighted by molar-refractivity contribution is -0.150. The molecule has 2 rings (SSSR count). The van der Waals surface area contributed by atoms with Crippen LogP contribution < -0.4 is 5.73 Å². The van der Waals surface area contributed by atoms with Crippen LogP contribution in [-0.2, 0) is 20.8 Å². The van der Waals surface area contributed by atoms with Crippen LogP contribution in [0.25, 0.3) is 0 Å². The number of ether oxygens (including phenoxy) is 2. The summed E-state index contributed by atoms with van der Waals surface area (Å²) in [5, 5.41) is 11.6. The van der Waals surface area contributed by atoms with E-state index in [1.807, 2.05) is 0 Å². The van der Waals surface area contributed by atoms with Gasteiger partial charge in [0.1, 0.15) is 18.0 Å². The first-order valence-electron chi connectivity index (χ1n) is 9.80. The number of piperazine rings is 1. The summed E-state index contributed by atoms with van der Waals surface area (Å²) in [6, 6.07) is 6.18. The molecule has 1 saturated heterocycles. The fourth-order valence-electron chi connectivity index (χ4n) is 3.00. The smallest absolute Gasteiger partial charge is 0.410 e. The lowest BCUT2D eigenvalue weighted by atomic mass is 10.1. The van der Waals surface area contributed by atoms with Gasteiger partial charge in [0, 0.05) is 18.1 Å². The molecule has 2 unspecified atom stereocenters. The van der Waals surface area contributed by atoms with Crippen molar-refractivity contribution < 1.29 is 24.3 Å². The maximum atomic E-state index is 12.4. The van der Waals surface area contributed by atoms with Gasteiger partial charge in [-0.3, -0.25) is 20.6 Å². The zero-order valence-corrected chi connectivity index (χ0v) is 19.0. The second-order valence-corrected chi connectivity index (χ2v) is 8.54. The summed E-state index contributed by atoms with van der Waals surface area (Å²) < 4.78 is 10.3. The summed E-state index contributed by atoms with van der Waals surface area (Å²) >= 11 is 5.85. The number of hydrogen-bond acceptors (Lipinski definition) is 8. The van der Waals surface area contributed by atoms with Crippen LogP contribution in [-0.4, -0.2) is 83.1 Å². The SMILES string of the molecule is COC(=O)C1CN(C(=O)OC(C)(C)C)CCN1C(N)/N=C\N(O)Cc1ccc(Cl)cc1. The molecule has 1 fully saturated rings. The van der Waals surface area contributed by atoms with Gasteiger partial charge in [0.05, 0.1) is 20.2 Å². The topological polar surface area (TPSA) is 121 Å². The van der Waals surface area contributed by atoms with Crippen LogP contribution in [0, 0.1) is 0 Å². The highest BCUT2D eigenvalue weighted by Crippen LogP contribution is 2.17. The summed E-state index contributed by atoms with van der Waals surface area (Å²) in [7, 11) is 1.27. The highest BCUT2D eigenvalue weighted by Gasteiger charge is 2.38. The first kappa shape index (κ1) is 24.9. The molecule has 0 aromatic heterocycles. The van der Waals surface area contributed by atoms with Gasteiger partial charge in [-0.15, -0.1) is 0 Å². The molecule has 1 aliphatic rings. The fourth-order valence-corrected chi connectivity index (χ4v) is 3.13. The van der Waals surface area contributed by atoms with Crippen molar-refractivity contribution in [1.29, 1.82) is 0 Å². The lowest BCUT2D eigenvalue weighted by Gasteiger charge is -2.41. The van der Waals surface area contributed by atoms with Crippen LogP contribution in [0.3, 0.4) is 0 Å². The minimum Gasteiger partial charge on any atom is -0.468 e.